The van der Waals surface area contributed by atoms with Crippen LogP contribution in [0.2, 0.25) is 0 Å². The fraction of sp³-hybridized carbons (Fsp3) is 0.150. The molecule has 0 bridgehead atoms. The van der Waals surface area contributed by atoms with Crippen molar-refractivity contribution in [2.75, 3.05) is 17.7 Å². The summed E-state index contributed by atoms with van der Waals surface area (Å²) in [5.41, 5.74) is 3.64. The first-order valence-electron chi connectivity index (χ1n) is 7.88. The molecule has 0 aliphatic heterocycles. The predicted octanol–water partition coefficient (Wildman–Crippen LogP) is 3.55. The summed E-state index contributed by atoms with van der Waals surface area (Å²) in [5, 5.41) is 14.8. The van der Waals surface area contributed by atoms with E-state index in [9.17, 15) is 14.9 Å². The molecule has 1 amide bonds. The second-order valence-electron chi connectivity index (χ2n) is 5.66. The Morgan fingerprint density at radius 2 is 1.81 bits per heavy atom. The average Bonchev–Trinajstić information content (AvgIpc) is 2.64. The molecule has 0 aliphatic carbocycles. The summed E-state index contributed by atoms with van der Waals surface area (Å²) in [7, 11) is 1.31. The molecule has 2 N–H and O–H groups in total. The number of nitrogens with one attached hydrogen (secondary N) is 2. The minimum Gasteiger partial charge on any atom is -0.465 e. The van der Waals surface area contributed by atoms with Gasteiger partial charge in [0.2, 0.25) is 0 Å². The number of aryl methyl sites for hydroxylation is 2. The topological polar surface area (TPSA) is 91.2 Å². The number of hydrogen-bond donors (Lipinski definition) is 2. The number of ether oxygens (including phenoxy) is 1. The van der Waals surface area contributed by atoms with Gasteiger partial charge >= 0.3 is 5.97 Å². The van der Waals surface area contributed by atoms with Crippen LogP contribution in [-0.2, 0) is 9.53 Å². The lowest BCUT2D eigenvalue weighted by molar-refractivity contribution is -0.112. The normalized spacial score (nSPS) is 10.6. The summed E-state index contributed by atoms with van der Waals surface area (Å²) in [5.74, 6) is -0.934. The number of carbonyl (C=O) groups excluding carboxylic acids is 2. The van der Waals surface area contributed by atoms with Gasteiger partial charge < -0.3 is 15.4 Å². The van der Waals surface area contributed by atoms with Crippen LogP contribution in [-0.4, -0.2) is 19.0 Å². The van der Waals surface area contributed by atoms with Crippen molar-refractivity contribution in [2.45, 2.75) is 13.8 Å². The van der Waals surface area contributed by atoms with E-state index >= 15 is 0 Å². The van der Waals surface area contributed by atoms with Gasteiger partial charge in [0.05, 0.1) is 12.7 Å². The standard InChI is InChI=1S/C20H19N3O3/c1-13-4-9-18(14(2)10-13)23-19(24)16(11-21)12-22-17-7-5-15(6-8-17)20(25)26-3/h4-10,12,22H,1-3H3,(H,23,24)/b16-12-. The lowest BCUT2D eigenvalue weighted by Crippen LogP contribution is -2.15. The number of esters is 1. The number of nitriles is 1. The van der Waals surface area contributed by atoms with Crippen molar-refractivity contribution in [3.8, 4) is 6.07 Å². The fourth-order valence-corrected chi connectivity index (χ4v) is 2.27. The molecule has 0 radical (unpaired) electrons. The largest absolute Gasteiger partial charge is 0.465 e. The van der Waals surface area contributed by atoms with E-state index in [-0.39, 0.29) is 5.57 Å². The molecule has 0 saturated carbocycles. The second kappa shape index (κ2) is 8.49. The van der Waals surface area contributed by atoms with Gasteiger partial charge in [-0.05, 0) is 49.7 Å². The van der Waals surface area contributed by atoms with E-state index < -0.39 is 11.9 Å². The Bertz CT molecular complexity index is 894. The lowest BCUT2D eigenvalue weighted by atomic mass is 10.1. The highest BCUT2D eigenvalue weighted by Crippen LogP contribution is 2.17. The number of hydrogen-bond acceptors (Lipinski definition) is 5. The molecule has 0 spiro atoms. The van der Waals surface area contributed by atoms with Gasteiger partial charge in [-0.15, -0.1) is 0 Å². The summed E-state index contributed by atoms with van der Waals surface area (Å²) in [4.78, 5) is 23.7. The number of anilines is 2. The highest BCUT2D eigenvalue weighted by molar-refractivity contribution is 6.07. The van der Waals surface area contributed by atoms with Crippen LogP contribution in [0.15, 0.2) is 54.2 Å². The molecule has 0 heterocycles. The fourth-order valence-electron chi connectivity index (χ4n) is 2.27. The van der Waals surface area contributed by atoms with E-state index in [1.165, 1.54) is 13.3 Å². The van der Waals surface area contributed by atoms with Gasteiger partial charge in [-0.2, -0.15) is 5.26 Å². The molecule has 0 atom stereocenters. The molecule has 6 nitrogen and oxygen atoms in total. The Kier molecular flexibility index (Phi) is 6.12. The third kappa shape index (κ3) is 4.71. The maximum Gasteiger partial charge on any atom is 0.337 e. The quantitative estimate of drug-likeness (QED) is 0.489. The Morgan fingerprint density at radius 3 is 2.38 bits per heavy atom. The van der Waals surface area contributed by atoms with Crippen LogP contribution < -0.4 is 10.6 Å². The summed E-state index contributed by atoms with van der Waals surface area (Å²) in [6.45, 7) is 3.86. The molecule has 6 heteroatoms. The summed E-state index contributed by atoms with van der Waals surface area (Å²) >= 11 is 0. The average molecular weight is 349 g/mol. The zero-order valence-corrected chi connectivity index (χ0v) is 14.8. The predicted molar refractivity (Wildman–Crippen MR) is 99.6 cm³/mol. The third-order valence-corrected chi connectivity index (χ3v) is 3.68. The minimum atomic E-state index is -0.502. The second-order valence-corrected chi connectivity index (χ2v) is 5.66. The van der Waals surface area contributed by atoms with Crippen LogP contribution in [0.4, 0.5) is 11.4 Å². The summed E-state index contributed by atoms with van der Waals surface area (Å²) < 4.78 is 4.63. The molecule has 132 valence electrons. The zero-order valence-electron chi connectivity index (χ0n) is 14.8. The van der Waals surface area contributed by atoms with E-state index in [0.717, 1.165) is 11.1 Å². The monoisotopic (exact) mass is 349 g/mol. The van der Waals surface area contributed by atoms with Crippen molar-refractivity contribution < 1.29 is 14.3 Å². The molecule has 0 aliphatic rings. The lowest BCUT2D eigenvalue weighted by Gasteiger charge is -2.09. The van der Waals surface area contributed by atoms with Crippen molar-refractivity contribution in [2.24, 2.45) is 0 Å². The van der Waals surface area contributed by atoms with E-state index in [1.54, 1.807) is 30.3 Å². The number of carbonyl (C=O) groups is 2. The highest BCUT2D eigenvalue weighted by atomic mass is 16.5. The number of nitrogens with zero attached hydrogens (tertiary/aromatic N) is 1. The van der Waals surface area contributed by atoms with E-state index in [4.69, 9.17) is 0 Å². The number of methoxy groups -OCH3 is 1. The smallest absolute Gasteiger partial charge is 0.337 e. The molecule has 0 saturated heterocycles. The third-order valence-electron chi connectivity index (χ3n) is 3.68. The Morgan fingerprint density at radius 1 is 1.12 bits per heavy atom. The van der Waals surface area contributed by atoms with Crippen LogP contribution in [0.1, 0.15) is 21.5 Å². The Labute approximate surface area is 152 Å². The number of amides is 1. The first-order valence-corrected chi connectivity index (χ1v) is 7.88. The van der Waals surface area contributed by atoms with Gasteiger partial charge in [0.1, 0.15) is 11.6 Å². The van der Waals surface area contributed by atoms with Crippen molar-refractivity contribution in [3.63, 3.8) is 0 Å². The van der Waals surface area contributed by atoms with Gasteiger partial charge in [-0.3, -0.25) is 4.79 Å². The van der Waals surface area contributed by atoms with Crippen LogP contribution in [0, 0.1) is 25.2 Å². The number of benzene rings is 2. The molecule has 2 aromatic carbocycles. The molecule has 0 fully saturated rings. The molecule has 0 unspecified atom stereocenters. The first kappa shape index (κ1) is 18.7. The minimum absolute atomic E-state index is 0.0676. The van der Waals surface area contributed by atoms with Crippen LogP contribution >= 0.6 is 0 Å². The Hall–Kier alpha value is -3.59. The van der Waals surface area contributed by atoms with Crippen molar-refractivity contribution in [1.82, 2.24) is 0 Å². The van der Waals surface area contributed by atoms with Gasteiger partial charge in [0.25, 0.3) is 5.91 Å². The van der Waals surface area contributed by atoms with E-state index in [1.807, 2.05) is 32.0 Å². The summed E-state index contributed by atoms with van der Waals surface area (Å²) in [6.07, 6.45) is 1.33. The molecule has 0 aromatic heterocycles. The summed E-state index contributed by atoms with van der Waals surface area (Å²) in [6, 6.07) is 14.0. The maximum absolute atomic E-state index is 12.3. The molecular weight excluding hydrogens is 330 g/mol. The molecule has 2 aromatic rings. The molecule has 26 heavy (non-hydrogen) atoms. The van der Waals surface area contributed by atoms with Gasteiger partial charge in [-0.25, -0.2) is 4.79 Å². The first-order chi connectivity index (χ1) is 12.4. The number of rotatable bonds is 5. The van der Waals surface area contributed by atoms with Crippen LogP contribution in [0.5, 0.6) is 0 Å². The van der Waals surface area contributed by atoms with Gasteiger partial charge in [-0.1, -0.05) is 17.7 Å². The van der Waals surface area contributed by atoms with Gasteiger partial charge in [0, 0.05) is 17.6 Å². The maximum atomic E-state index is 12.3. The van der Waals surface area contributed by atoms with Crippen molar-refractivity contribution in [1.29, 1.82) is 5.26 Å². The van der Waals surface area contributed by atoms with Crippen LogP contribution in [0.3, 0.4) is 0 Å². The van der Waals surface area contributed by atoms with Crippen molar-refractivity contribution >= 4 is 23.3 Å². The Balaban J connectivity index is 2.08. The van der Waals surface area contributed by atoms with Crippen molar-refractivity contribution in [3.05, 3.63) is 70.9 Å². The molecular formula is C20H19N3O3. The van der Waals surface area contributed by atoms with E-state index in [0.29, 0.717) is 16.9 Å². The van der Waals surface area contributed by atoms with Gasteiger partial charge in [0.15, 0.2) is 0 Å². The zero-order chi connectivity index (χ0) is 19.1. The SMILES string of the molecule is COC(=O)c1ccc(N/C=C(/C#N)C(=O)Nc2ccc(C)cc2C)cc1. The highest BCUT2D eigenvalue weighted by Gasteiger charge is 2.11. The molecule has 2 rings (SSSR count). The van der Waals surface area contributed by atoms with E-state index in [2.05, 4.69) is 15.4 Å². The van der Waals surface area contributed by atoms with Crippen LogP contribution in [0.25, 0.3) is 0 Å².